The minimum absolute atomic E-state index is 0.0932. The highest BCUT2D eigenvalue weighted by Gasteiger charge is 2.36. The van der Waals surface area contributed by atoms with Crippen molar-refractivity contribution in [3.8, 4) is 5.75 Å². The normalized spacial score (nSPS) is 15.7. The van der Waals surface area contributed by atoms with Crippen molar-refractivity contribution in [1.29, 1.82) is 0 Å². The third-order valence-corrected chi connectivity index (χ3v) is 6.47. The number of anilines is 2. The van der Waals surface area contributed by atoms with Crippen molar-refractivity contribution < 1.29 is 27.5 Å². The Kier molecular flexibility index (Phi) is 6.31. The first-order valence-electron chi connectivity index (χ1n) is 9.61. The van der Waals surface area contributed by atoms with Crippen LogP contribution in [-0.4, -0.2) is 45.3 Å². The molecule has 0 radical (unpaired) electrons. The predicted octanol–water partition coefficient (Wildman–Crippen LogP) is 2.73. The summed E-state index contributed by atoms with van der Waals surface area (Å²) in [6.45, 7) is 5.18. The molecule has 0 aromatic heterocycles. The fraction of sp³-hybridized carbons (Fsp3) is 0.333. The van der Waals surface area contributed by atoms with Gasteiger partial charge in [0.15, 0.2) is 6.10 Å². The van der Waals surface area contributed by atoms with Crippen molar-refractivity contribution in [3.63, 3.8) is 0 Å². The molecular formula is C21H24N2O6S. The number of para-hydroxylation sites is 2. The number of amides is 1. The van der Waals surface area contributed by atoms with E-state index in [0.29, 0.717) is 28.3 Å². The number of sulfonamides is 1. The van der Waals surface area contributed by atoms with Gasteiger partial charge in [0.2, 0.25) is 10.0 Å². The van der Waals surface area contributed by atoms with Crippen LogP contribution in [0.2, 0.25) is 0 Å². The third-order valence-electron chi connectivity index (χ3n) is 4.72. The molecule has 2 aromatic carbocycles. The average molecular weight is 432 g/mol. The Hall–Kier alpha value is -3.07. The number of ether oxygens (including phenoxy) is 2. The summed E-state index contributed by atoms with van der Waals surface area (Å²) in [7, 11) is -3.58. The molecule has 0 spiro atoms. The van der Waals surface area contributed by atoms with Crippen LogP contribution in [0.1, 0.15) is 29.8 Å². The van der Waals surface area contributed by atoms with Crippen LogP contribution in [0, 0.1) is 6.92 Å². The van der Waals surface area contributed by atoms with Crippen molar-refractivity contribution in [2.24, 2.45) is 0 Å². The lowest BCUT2D eigenvalue weighted by molar-refractivity contribution is -0.122. The molecule has 9 heteroatoms. The number of nitrogens with one attached hydrogen (secondary N) is 1. The van der Waals surface area contributed by atoms with Gasteiger partial charge in [0, 0.05) is 5.69 Å². The van der Waals surface area contributed by atoms with Crippen LogP contribution in [0.15, 0.2) is 42.5 Å². The standard InChI is InChI=1S/C21H24N2O6S/c1-4-28-21(25)15-10-11-16(14(3)12-15)22-20(24)19-13-23(30(26,27)5-2)17-8-6-7-9-18(17)29-19/h6-12,19H,4-5,13H2,1-3H3,(H,22,24)/t19-/m0/s1. The quantitative estimate of drug-likeness (QED) is 0.705. The number of rotatable bonds is 6. The van der Waals surface area contributed by atoms with Crippen LogP contribution in [0.5, 0.6) is 5.75 Å². The van der Waals surface area contributed by atoms with Gasteiger partial charge in [0.05, 0.1) is 30.2 Å². The molecule has 1 heterocycles. The lowest BCUT2D eigenvalue weighted by atomic mass is 10.1. The van der Waals surface area contributed by atoms with Crippen LogP contribution < -0.4 is 14.4 Å². The molecule has 0 unspecified atom stereocenters. The van der Waals surface area contributed by atoms with Gasteiger partial charge in [-0.2, -0.15) is 0 Å². The Morgan fingerprint density at radius 2 is 1.93 bits per heavy atom. The molecule has 3 rings (SSSR count). The second-order valence-corrected chi connectivity index (χ2v) is 8.93. The van der Waals surface area contributed by atoms with E-state index in [4.69, 9.17) is 9.47 Å². The minimum atomic E-state index is -3.58. The van der Waals surface area contributed by atoms with Crippen molar-refractivity contribution >= 4 is 33.3 Å². The summed E-state index contributed by atoms with van der Waals surface area (Å²) in [5, 5.41) is 2.76. The van der Waals surface area contributed by atoms with Crippen LogP contribution >= 0.6 is 0 Å². The summed E-state index contributed by atoms with van der Waals surface area (Å²) in [5.74, 6) is -0.682. The molecule has 1 aliphatic rings. The number of nitrogens with zero attached hydrogens (tertiary/aromatic N) is 1. The van der Waals surface area contributed by atoms with Gasteiger partial charge in [-0.15, -0.1) is 0 Å². The van der Waals surface area contributed by atoms with Gasteiger partial charge in [0.1, 0.15) is 5.75 Å². The summed E-state index contributed by atoms with van der Waals surface area (Å²) >= 11 is 0. The number of aryl methyl sites for hydroxylation is 1. The number of hydrogen-bond donors (Lipinski definition) is 1. The van der Waals surface area contributed by atoms with Gasteiger partial charge in [0.25, 0.3) is 5.91 Å². The largest absolute Gasteiger partial charge is 0.476 e. The summed E-state index contributed by atoms with van der Waals surface area (Å²) in [5.41, 5.74) is 1.97. The number of esters is 1. The van der Waals surface area contributed by atoms with Crippen molar-refractivity contribution in [3.05, 3.63) is 53.6 Å². The predicted molar refractivity (Wildman–Crippen MR) is 113 cm³/mol. The first-order valence-corrected chi connectivity index (χ1v) is 11.2. The molecule has 160 valence electrons. The zero-order chi connectivity index (χ0) is 21.9. The molecule has 1 N–H and O–H groups in total. The topological polar surface area (TPSA) is 102 Å². The zero-order valence-electron chi connectivity index (χ0n) is 17.0. The average Bonchev–Trinajstić information content (AvgIpc) is 2.74. The Morgan fingerprint density at radius 3 is 2.60 bits per heavy atom. The summed E-state index contributed by atoms with van der Waals surface area (Å²) < 4.78 is 37.1. The van der Waals surface area contributed by atoms with Crippen LogP contribution in [-0.2, 0) is 19.6 Å². The Labute approximate surface area is 175 Å². The zero-order valence-corrected chi connectivity index (χ0v) is 17.9. The maximum Gasteiger partial charge on any atom is 0.338 e. The molecule has 0 saturated carbocycles. The molecular weight excluding hydrogens is 408 g/mol. The number of fused-ring (bicyclic) bond motifs is 1. The Balaban J connectivity index is 1.82. The molecule has 0 fully saturated rings. The summed E-state index contributed by atoms with van der Waals surface area (Å²) in [6.07, 6.45) is -1.02. The van der Waals surface area contributed by atoms with Crippen LogP contribution in [0.25, 0.3) is 0 Å². The minimum Gasteiger partial charge on any atom is -0.476 e. The van der Waals surface area contributed by atoms with Crippen LogP contribution in [0.4, 0.5) is 11.4 Å². The SMILES string of the molecule is CCOC(=O)c1ccc(NC(=O)[C@@H]2CN(S(=O)(=O)CC)c3ccccc3O2)c(C)c1. The maximum absolute atomic E-state index is 12.9. The fourth-order valence-corrected chi connectivity index (χ4v) is 4.24. The molecule has 0 aliphatic carbocycles. The summed E-state index contributed by atoms with van der Waals surface area (Å²) in [4.78, 5) is 24.7. The number of benzene rings is 2. The molecule has 0 bridgehead atoms. The first kappa shape index (κ1) is 21.6. The first-order chi connectivity index (χ1) is 14.3. The Morgan fingerprint density at radius 1 is 1.20 bits per heavy atom. The fourth-order valence-electron chi connectivity index (χ4n) is 3.12. The Bertz CT molecular complexity index is 1070. The van der Waals surface area contributed by atoms with E-state index in [-0.39, 0.29) is 18.9 Å². The van der Waals surface area contributed by atoms with E-state index in [9.17, 15) is 18.0 Å². The molecule has 8 nitrogen and oxygen atoms in total. The number of hydrogen-bond acceptors (Lipinski definition) is 6. The molecule has 1 atom stereocenters. The highest BCUT2D eigenvalue weighted by molar-refractivity contribution is 7.92. The van der Waals surface area contributed by atoms with E-state index >= 15 is 0 Å². The molecule has 1 amide bonds. The number of carbonyl (C=O) groups is 2. The highest BCUT2D eigenvalue weighted by Crippen LogP contribution is 2.35. The van der Waals surface area contributed by atoms with E-state index in [0.717, 1.165) is 0 Å². The van der Waals surface area contributed by atoms with Gasteiger partial charge in [-0.25, -0.2) is 13.2 Å². The van der Waals surface area contributed by atoms with Gasteiger partial charge in [-0.05, 0) is 56.7 Å². The molecule has 2 aromatic rings. The van der Waals surface area contributed by atoms with Crippen molar-refractivity contribution in [2.45, 2.75) is 26.9 Å². The van der Waals surface area contributed by atoms with Crippen molar-refractivity contribution in [2.75, 3.05) is 28.5 Å². The lowest BCUT2D eigenvalue weighted by Gasteiger charge is -2.34. The van der Waals surface area contributed by atoms with E-state index in [1.54, 1.807) is 63.2 Å². The second-order valence-electron chi connectivity index (χ2n) is 6.75. The van der Waals surface area contributed by atoms with Gasteiger partial charge in [-0.3, -0.25) is 9.10 Å². The van der Waals surface area contributed by atoms with Crippen LogP contribution in [0.3, 0.4) is 0 Å². The molecule has 0 saturated heterocycles. The smallest absolute Gasteiger partial charge is 0.338 e. The second kappa shape index (κ2) is 8.74. The van der Waals surface area contributed by atoms with Crippen molar-refractivity contribution in [1.82, 2.24) is 0 Å². The number of carbonyl (C=O) groups excluding carboxylic acids is 2. The van der Waals surface area contributed by atoms with E-state index in [1.807, 2.05) is 0 Å². The summed E-state index contributed by atoms with van der Waals surface area (Å²) in [6, 6.07) is 11.5. The third kappa shape index (κ3) is 4.40. The van der Waals surface area contributed by atoms with E-state index in [2.05, 4.69) is 5.32 Å². The van der Waals surface area contributed by atoms with E-state index < -0.39 is 28.0 Å². The van der Waals surface area contributed by atoms with Gasteiger partial charge < -0.3 is 14.8 Å². The molecule has 1 aliphatic heterocycles. The van der Waals surface area contributed by atoms with Gasteiger partial charge in [-0.1, -0.05) is 12.1 Å². The lowest BCUT2D eigenvalue weighted by Crippen LogP contribution is -2.49. The maximum atomic E-state index is 12.9. The van der Waals surface area contributed by atoms with Gasteiger partial charge >= 0.3 is 5.97 Å². The van der Waals surface area contributed by atoms with E-state index in [1.165, 1.54) is 4.31 Å². The monoisotopic (exact) mass is 432 g/mol. The highest BCUT2D eigenvalue weighted by atomic mass is 32.2. The molecule has 30 heavy (non-hydrogen) atoms.